The lowest BCUT2D eigenvalue weighted by atomic mass is 10.1. The number of carbonyl (C=O) groups is 1. The number of nitrogens with zero attached hydrogens (tertiary/aromatic N) is 1. The van der Waals surface area contributed by atoms with E-state index in [1.165, 1.54) is 12.8 Å². The largest absolute Gasteiger partial charge is 0.298 e. The third-order valence-electron chi connectivity index (χ3n) is 2.92. The van der Waals surface area contributed by atoms with Crippen molar-refractivity contribution in [2.75, 3.05) is 13.1 Å². The Labute approximate surface area is 95.0 Å². The van der Waals surface area contributed by atoms with Crippen molar-refractivity contribution in [2.24, 2.45) is 0 Å². The highest BCUT2D eigenvalue weighted by molar-refractivity contribution is 5.80. The SMILES string of the molecule is CCCCN(CC(=O)CCC)C(C)CC. The monoisotopic (exact) mass is 213 g/mol. The average molecular weight is 213 g/mol. The van der Waals surface area contributed by atoms with Crippen LogP contribution in [-0.2, 0) is 4.79 Å². The van der Waals surface area contributed by atoms with E-state index in [1.54, 1.807) is 0 Å². The molecule has 90 valence electrons. The minimum atomic E-state index is 0.397. The highest BCUT2D eigenvalue weighted by Crippen LogP contribution is 2.06. The van der Waals surface area contributed by atoms with Crippen LogP contribution in [0.1, 0.15) is 59.8 Å². The summed E-state index contributed by atoms with van der Waals surface area (Å²) in [6.45, 7) is 10.4. The molecule has 2 heteroatoms. The van der Waals surface area contributed by atoms with Crippen LogP contribution in [0.5, 0.6) is 0 Å². The van der Waals surface area contributed by atoms with E-state index >= 15 is 0 Å². The van der Waals surface area contributed by atoms with Crippen molar-refractivity contribution in [3.05, 3.63) is 0 Å². The highest BCUT2D eigenvalue weighted by atomic mass is 16.1. The van der Waals surface area contributed by atoms with E-state index in [0.29, 0.717) is 18.4 Å². The van der Waals surface area contributed by atoms with Crippen molar-refractivity contribution in [3.8, 4) is 0 Å². The Morgan fingerprint density at radius 3 is 2.33 bits per heavy atom. The van der Waals surface area contributed by atoms with Crippen molar-refractivity contribution in [1.29, 1.82) is 0 Å². The predicted octanol–water partition coefficient (Wildman–Crippen LogP) is 3.26. The summed E-state index contributed by atoms with van der Waals surface area (Å²) in [6, 6.07) is 0.539. The molecule has 0 spiro atoms. The molecular formula is C13H27NO. The van der Waals surface area contributed by atoms with Gasteiger partial charge < -0.3 is 0 Å². The second-order valence-electron chi connectivity index (χ2n) is 4.37. The van der Waals surface area contributed by atoms with Crippen molar-refractivity contribution >= 4 is 5.78 Å². The van der Waals surface area contributed by atoms with Gasteiger partial charge in [-0.25, -0.2) is 0 Å². The van der Waals surface area contributed by atoms with Crippen LogP contribution in [-0.4, -0.2) is 29.8 Å². The first-order valence-electron chi connectivity index (χ1n) is 6.41. The van der Waals surface area contributed by atoms with E-state index in [-0.39, 0.29) is 0 Å². The van der Waals surface area contributed by atoms with Crippen LogP contribution < -0.4 is 0 Å². The first kappa shape index (κ1) is 14.6. The summed E-state index contributed by atoms with van der Waals surface area (Å²) >= 11 is 0. The molecule has 0 aliphatic rings. The summed E-state index contributed by atoms with van der Waals surface area (Å²) < 4.78 is 0. The van der Waals surface area contributed by atoms with Gasteiger partial charge in [-0.1, -0.05) is 27.2 Å². The molecule has 0 aromatic heterocycles. The topological polar surface area (TPSA) is 20.3 Å². The summed E-state index contributed by atoms with van der Waals surface area (Å²) in [4.78, 5) is 13.9. The van der Waals surface area contributed by atoms with E-state index in [2.05, 4.69) is 32.6 Å². The van der Waals surface area contributed by atoms with Crippen LogP contribution in [0, 0.1) is 0 Å². The van der Waals surface area contributed by atoms with E-state index < -0.39 is 0 Å². The maximum absolute atomic E-state index is 11.6. The van der Waals surface area contributed by atoms with Crippen molar-refractivity contribution < 1.29 is 4.79 Å². The Kier molecular flexibility index (Phi) is 8.68. The molecule has 1 atom stereocenters. The van der Waals surface area contributed by atoms with Crippen molar-refractivity contribution in [1.82, 2.24) is 4.90 Å². The van der Waals surface area contributed by atoms with Gasteiger partial charge in [0.25, 0.3) is 0 Å². The van der Waals surface area contributed by atoms with Gasteiger partial charge in [-0.05, 0) is 32.7 Å². The number of Topliss-reactive ketones (excluding diaryl/α,β-unsaturated/α-hetero) is 1. The average Bonchev–Trinajstić information content (AvgIpc) is 2.23. The maximum atomic E-state index is 11.6. The maximum Gasteiger partial charge on any atom is 0.146 e. The van der Waals surface area contributed by atoms with Gasteiger partial charge in [0.2, 0.25) is 0 Å². The molecule has 0 saturated heterocycles. The van der Waals surface area contributed by atoms with Gasteiger partial charge in [0.15, 0.2) is 0 Å². The number of ketones is 1. The molecule has 0 rings (SSSR count). The third-order valence-corrected chi connectivity index (χ3v) is 2.92. The molecule has 0 aromatic carbocycles. The third kappa shape index (κ3) is 6.67. The van der Waals surface area contributed by atoms with E-state index in [0.717, 1.165) is 25.8 Å². The fraction of sp³-hybridized carbons (Fsp3) is 0.923. The minimum Gasteiger partial charge on any atom is -0.298 e. The number of rotatable bonds is 9. The molecular weight excluding hydrogens is 186 g/mol. The molecule has 0 N–H and O–H groups in total. The lowest BCUT2D eigenvalue weighted by molar-refractivity contribution is -0.120. The first-order chi connectivity index (χ1) is 7.15. The zero-order valence-electron chi connectivity index (χ0n) is 10.9. The zero-order valence-corrected chi connectivity index (χ0v) is 10.9. The molecule has 0 bridgehead atoms. The summed E-state index contributed by atoms with van der Waals surface area (Å²) in [6.07, 6.45) is 5.24. The molecule has 0 radical (unpaired) electrons. The molecule has 0 heterocycles. The molecule has 0 amide bonds. The second-order valence-corrected chi connectivity index (χ2v) is 4.37. The van der Waals surface area contributed by atoms with Crippen LogP contribution >= 0.6 is 0 Å². The first-order valence-corrected chi connectivity index (χ1v) is 6.41. The molecule has 0 aliphatic heterocycles. The molecule has 15 heavy (non-hydrogen) atoms. The van der Waals surface area contributed by atoms with Crippen molar-refractivity contribution in [3.63, 3.8) is 0 Å². The predicted molar refractivity (Wildman–Crippen MR) is 66.1 cm³/mol. The van der Waals surface area contributed by atoms with E-state index in [4.69, 9.17) is 0 Å². The number of carbonyl (C=O) groups excluding carboxylic acids is 1. The molecule has 0 aliphatic carbocycles. The van der Waals surface area contributed by atoms with E-state index in [1.807, 2.05) is 0 Å². The Morgan fingerprint density at radius 2 is 1.87 bits per heavy atom. The Balaban J connectivity index is 4.04. The summed E-state index contributed by atoms with van der Waals surface area (Å²) in [5, 5.41) is 0. The second kappa shape index (κ2) is 8.90. The molecule has 0 saturated carbocycles. The molecule has 1 unspecified atom stereocenters. The fourth-order valence-electron chi connectivity index (χ4n) is 1.66. The fourth-order valence-corrected chi connectivity index (χ4v) is 1.66. The van der Waals surface area contributed by atoms with Gasteiger partial charge >= 0.3 is 0 Å². The quantitative estimate of drug-likeness (QED) is 0.586. The molecule has 0 aromatic rings. The van der Waals surface area contributed by atoms with Crippen LogP contribution in [0.15, 0.2) is 0 Å². The summed E-state index contributed by atoms with van der Waals surface area (Å²) in [7, 11) is 0. The standard InChI is InChI=1S/C13H27NO/c1-5-8-10-14(12(4)7-3)11-13(15)9-6-2/h12H,5-11H2,1-4H3. The summed E-state index contributed by atoms with van der Waals surface area (Å²) in [5.41, 5.74) is 0. The van der Waals surface area contributed by atoms with Gasteiger partial charge in [0, 0.05) is 12.5 Å². The summed E-state index contributed by atoms with van der Waals surface area (Å²) in [5.74, 6) is 0.397. The minimum absolute atomic E-state index is 0.397. The smallest absolute Gasteiger partial charge is 0.146 e. The van der Waals surface area contributed by atoms with E-state index in [9.17, 15) is 4.79 Å². The van der Waals surface area contributed by atoms with Gasteiger partial charge in [0.1, 0.15) is 5.78 Å². The number of hydrogen-bond acceptors (Lipinski definition) is 2. The lowest BCUT2D eigenvalue weighted by Gasteiger charge is -2.27. The Bertz CT molecular complexity index is 168. The van der Waals surface area contributed by atoms with Gasteiger partial charge in [-0.15, -0.1) is 0 Å². The highest BCUT2D eigenvalue weighted by Gasteiger charge is 2.14. The van der Waals surface area contributed by atoms with Crippen LogP contribution in [0.25, 0.3) is 0 Å². The normalized spacial score (nSPS) is 13.1. The van der Waals surface area contributed by atoms with Crippen LogP contribution in [0.4, 0.5) is 0 Å². The number of hydrogen-bond donors (Lipinski definition) is 0. The van der Waals surface area contributed by atoms with Gasteiger partial charge in [-0.3, -0.25) is 9.69 Å². The molecule has 0 fully saturated rings. The van der Waals surface area contributed by atoms with Crippen molar-refractivity contribution in [2.45, 2.75) is 65.8 Å². The van der Waals surface area contributed by atoms with Crippen LogP contribution in [0.3, 0.4) is 0 Å². The number of unbranched alkanes of at least 4 members (excludes halogenated alkanes) is 1. The Morgan fingerprint density at radius 1 is 1.20 bits per heavy atom. The zero-order chi connectivity index (χ0) is 11.7. The van der Waals surface area contributed by atoms with Crippen LogP contribution in [0.2, 0.25) is 0 Å². The van der Waals surface area contributed by atoms with Gasteiger partial charge in [-0.2, -0.15) is 0 Å². The Hall–Kier alpha value is -0.370. The van der Waals surface area contributed by atoms with Gasteiger partial charge in [0.05, 0.1) is 6.54 Å². The lowest BCUT2D eigenvalue weighted by Crippen LogP contribution is -2.37. The molecule has 2 nitrogen and oxygen atoms in total.